The van der Waals surface area contributed by atoms with Gasteiger partial charge in [-0.2, -0.15) is 0 Å². The zero-order chi connectivity index (χ0) is 48.4. The molecule has 4 saturated heterocycles. The Morgan fingerprint density at radius 2 is 1.06 bits per heavy atom. The highest BCUT2D eigenvalue weighted by atomic mass is 16.7. The predicted octanol–water partition coefficient (Wildman–Crippen LogP) is -6.09. The van der Waals surface area contributed by atoms with Crippen molar-refractivity contribution in [1.82, 2.24) is 0 Å². The van der Waals surface area contributed by atoms with Crippen molar-refractivity contribution >= 4 is 5.97 Å². The van der Waals surface area contributed by atoms with Crippen molar-refractivity contribution in [2.45, 2.75) is 205 Å². The molecule has 3 aliphatic carbocycles. The predicted molar refractivity (Wildman–Crippen MR) is 218 cm³/mol. The molecule has 7 fully saturated rings. The van der Waals surface area contributed by atoms with E-state index >= 15 is 0 Å². The minimum Gasteiger partial charge on any atom is -0.460 e. The lowest BCUT2D eigenvalue weighted by molar-refractivity contribution is -0.344. The second-order valence-electron chi connectivity index (χ2n) is 19.1. The van der Waals surface area contributed by atoms with Gasteiger partial charge in [0, 0.05) is 25.5 Å². The van der Waals surface area contributed by atoms with Gasteiger partial charge in [-0.1, -0.05) is 6.08 Å². The molecule has 0 aromatic carbocycles. The summed E-state index contributed by atoms with van der Waals surface area (Å²) in [6.07, 6.45) is -26.3. The van der Waals surface area contributed by atoms with Crippen molar-refractivity contribution in [3.05, 3.63) is 12.2 Å². The lowest BCUT2D eigenvalue weighted by atomic mass is 9.72. The molecule has 0 bridgehead atoms. The van der Waals surface area contributed by atoms with Crippen LogP contribution in [0.4, 0.5) is 0 Å². The minimum absolute atomic E-state index is 0.0346. The molecule has 0 spiro atoms. The zero-order valence-electron chi connectivity index (χ0n) is 37.1. The van der Waals surface area contributed by atoms with Crippen LogP contribution in [0.1, 0.15) is 57.8 Å². The van der Waals surface area contributed by atoms with Gasteiger partial charge in [0.25, 0.3) is 0 Å². The van der Waals surface area contributed by atoms with Crippen LogP contribution < -0.4 is 0 Å². The minimum atomic E-state index is -1.84. The number of methoxy groups -OCH3 is 1. The van der Waals surface area contributed by atoms with E-state index in [0.717, 1.165) is 6.08 Å². The summed E-state index contributed by atoms with van der Waals surface area (Å²) in [5.41, 5.74) is 0. The number of carbonyl (C=O) groups is 1. The molecular weight excluding hydrogens is 900 g/mol. The van der Waals surface area contributed by atoms with E-state index in [1.807, 2.05) is 0 Å². The number of rotatable bonds is 14. The third-order valence-corrected chi connectivity index (χ3v) is 14.7. The number of aliphatic hydroxyl groups excluding tert-OH is 14. The highest BCUT2D eigenvalue weighted by Gasteiger charge is 2.54. The van der Waals surface area contributed by atoms with E-state index in [-0.39, 0.29) is 43.9 Å². The van der Waals surface area contributed by atoms with Gasteiger partial charge in [0.15, 0.2) is 18.9 Å². The first-order valence-electron chi connectivity index (χ1n) is 23.3. The van der Waals surface area contributed by atoms with Crippen LogP contribution in [0.25, 0.3) is 0 Å². The van der Waals surface area contributed by atoms with Crippen molar-refractivity contribution in [3.63, 3.8) is 0 Å². The Kier molecular flexibility index (Phi) is 18.4. The molecule has 386 valence electrons. The van der Waals surface area contributed by atoms with Gasteiger partial charge in [0.1, 0.15) is 79.9 Å². The zero-order valence-corrected chi connectivity index (χ0v) is 37.1. The Balaban J connectivity index is 1.00. The molecule has 4 heterocycles. The Labute approximate surface area is 386 Å². The quantitative estimate of drug-likeness (QED) is 0.0569. The fraction of sp³-hybridized carbons (Fsp3) is 0.930. The fourth-order valence-electron chi connectivity index (χ4n) is 10.7. The summed E-state index contributed by atoms with van der Waals surface area (Å²) < 4.78 is 53.1. The SMILES string of the molecule is COC1CC(C2OC3CC(O)CC(OC4OC(CO)C(O)C(O)C4O)C3CC2OC2OC(COC(=O)C=CC3CCC(O)C(OC4OC(CO)C(O)C(O)C4O)C3)C(O)C(O)C2O)CCC1O. The third-order valence-electron chi connectivity index (χ3n) is 14.7. The number of fused-ring (bicyclic) bond motifs is 1. The molecule has 24 nitrogen and oxygen atoms in total. The standard InChI is InChI=1S/C43H70O24/c1-59-24-9-17(4-6-20(24)47)40-26(12-19-22(61-40)10-18(46)11-23(19)62-41-37(56)34(53)31(50)27(13-44)65-41)64-43-39(58)36(55)33(52)29(67-43)15-60-30(49)7-3-16-2-5-21(48)25(8-16)63-42-38(57)35(54)32(51)28(14-45)66-42/h3,7,16-29,31-48,50-58H,2,4-6,8-15H2,1H3. The number of aliphatic hydroxyl groups is 14. The molecule has 67 heavy (non-hydrogen) atoms. The average molecular weight is 971 g/mol. The van der Waals surface area contributed by atoms with Gasteiger partial charge in [-0.15, -0.1) is 0 Å². The van der Waals surface area contributed by atoms with Gasteiger partial charge in [0.05, 0.1) is 68.1 Å². The molecule has 7 aliphatic rings. The number of hydrogen-bond acceptors (Lipinski definition) is 24. The number of hydrogen-bond donors (Lipinski definition) is 14. The van der Waals surface area contributed by atoms with E-state index in [4.69, 9.17) is 42.6 Å². The van der Waals surface area contributed by atoms with Crippen LogP contribution in [0.5, 0.6) is 0 Å². The Morgan fingerprint density at radius 3 is 1.64 bits per heavy atom. The number of allylic oxidation sites excluding steroid dienone is 1. The summed E-state index contributed by atoms with van der Waals surface area (Å²) in [5.74, 6) is -2.07. The van der Waals surface area contributed by atoms with Crippen molar-refractivity contribution < 1.29 is 119 Å². The second-order valence-corrected chi connectivity index (χ2v) is 19.1. The van der Waals surface area contributed by atoms with E-state index in [1.54, 1.807) is 0 Å². The van der Waals surface area contributed by atoms with Crippen molar-refractivity contribution in [2.24, 2.45) is 17.8 Å². The molecule has 0 radical (unpaired) electrons. The molecule has 0 aromatic heterocycles. The number of ether oxygens (including phenoxy) is 9. The van der Waals surface area contributed by atoms with Crippen LogP contribution in [0, 0.1) is 17.8 Å². The second kappa shape index (κ2) is 23.3. The summed E-state index contributed by atoms with van der Waals surface area (Å²) in [4.78, 5) is 13.0. The molecular formula is C43H70O24. The molecule has 3 saturated carbocycles. The summed E-state index contributed by atoms with van der Waals surface area (Å²) in [5, 5.41) is 147. The van der Waals surface area contributed by atoms with E-state index in [1.165, 1.54) is 13.2 Å². The van der Waals surface area contributed by atoms with Crippen LogP contribution in [0.2, 0.25) is 0 Å². The van der Waals surface area contributed by atoms with Crippen LogP contribution in [0.3, 0.4) is 0 Å². The lowest BCUT2D eigenvalue weighted by Gasteiger charge is -2.52. The summed E-state index contributed by atoms with van der Waals surface area (Å²) in [6, 6.07) is 0. The molecule has 4 aliphatic heterocycles. The Hall–Kier alpha value is -1.67. The molecule has 0 amide bonds. The van der Waals surface area contributed by atoms with E-state index in [0.29, 0.717) is 25.7 Å². The molecule has 24 heteroatoms. The summed E-state index contributed by atoms with van der Waals surface area (Å²) in [7, 11) is 1.48. The fourth-order valence-corrected chi connectivity index (χ4v) is 10.7. The van der Waals surface area contributed by atoms with Gasteiger partial charge in [-0.05, 0) is 63.2 Å². The molecule has 7 rings (SSSR count). The van der Waals surface area contributed by atoms with Crippen LogP contribution >= 0.6 is 0 Å². The Morgan fingerprint density at radius 1 is 0.537 bits per heavy atom. The van der Waals surface area contributed by atoms with E-state index < -0.39 is 179 Å². The first-order valence-corrected chi connectivity index (χ1v) is 23.3. The molecule has 27 unspecified atom stereocenters. The van der Waals surface area contributed by atoms with Gasteiger partial charge in [0.2, 0.25) is 0 Å². The van der Waals surface area contributed by atoms with Gasteiger partial charge < -0.3 is 114 Å². The highest BCUT2D eigenvalue weighted by molar-refractivity contribution is 5.81. The van der Waals surface area contributed by atoms with Gasteiger partial charge in [-0.3, -0.25) is 0 Å². The van der Waals surface area contributed by atoms with Crippen molar-refractivity contribution in [3.8, 4) is 0 Å². The Bertz CT molecular complexity index is 1590. The van der Waals surface area contributed by atoms with Crippen molar-refractivity contribution in [2.75, 3.05) is 26.9 Å². The average Bonchev–Trinajstić information content (AvgIpc) is 3.31. The summed E-state index contributed by atoms with van der Waals surface area (Å²) in [6.45, 7) is -1.95. The number of esters is 1. The summed E-state index contributed by atoms with van der Waals surface area (Å²) >= 11 is 0. The topological polar surface area (TPSA) is 383 Å². The maximum atomic E-state index is 13.0. The third kappa shape index (κ3) is 12.0. The first-order chi connectivity index (χ1) is 31.9. The van der Waals surface area contributed by atoms with Crippen LogP contribution in [-0.4, -0.2) is 251 Å². The number of carbonyl (C=O) groups excluding carboxylic acids is 1. The van der Waals surface area contributed by atoms with E-state index in [9.17, 15) is 76.3 Å². The van der Waals surface area contributed by atoms with Gasteiger partial charge in [-0.25, -0.2) is 4.79 Å². The maximum absolute atomic E-state index is 13.0. The maximum Gasteiger partial charge on any atom is 0.330 e. The van der Waals surface area contributed by atoms with Crippen LogP contribution in [0.15, 0.2) is 12.2 Å². The largest absolute Gasteiger partial charge is 0.460 e. The monoisotopic (exact) mass is 970 g/mol. The smallest absolute Gasteiger partial charge is 0.330 e. The van der Waals surface area contributed by atoms with Crippen LogP contribution in [-0.2, 0) is 47.4 Å². The molecule has 0 aromatic rings. The van der Waals surface area contributed by atoms with Gasteiger partial charge >= 0.3 is 5.97 Å². The lowest BCUT2D eigenvalue weighted by Crippen LogP contribution is -2.63. The first kappa shape index (κ1) is 53.1. The van der Waals surface area contributed by atoms with E-state index in [2.05, 4.69) is 0 Å². The molecule has 27 atom stereocenters. The highest BCUT2D eigenvalue weighted by Crippen LogP contribution is 2.45. The normalized spacial score (nSPS) is 51.0. The van der Waals surface area contributed by atoms with Crippen molar-refractivity contribution in [1.29, 1.82) is 0 Å². The molecule has 14 N–H and O–H groups in total.